The number of amides is 1. The van der Waals surface area contributed by atoms with Gasteiger partial charge < -0.3 is 24.8 Å². The number of anilines is 2. The van der Waals surface area contributed by atoms with Crippen LogP contribution in [0, 0.1) is 0 Å². The molecule has 1 atom stereocenters. The fourth-order valence-corrected chi connectivity index (χ4v) is 4.25. The molecule has 2 N–H and O–H groups in total. The van der Waals surface area contributed by atoms with Crippen LogP contribution in [0.1, 0.15) is 12.1 Å². The average molecular weight is 506 g/mol. The molecule has 0 bridgehead atoms. The molecule has 0 saturated carbocycles. The fourth-order valence-electron chi connectivity index (χ4n) is 4.02. The van der Waals surface area contributed by atoms with Crippen molar-refractivity contribution in [1.29, 1.82) is 0 Å². The molecular weight excluding hydrogens is 482 g/mol. The molecule has 2 aromatic heterocycles. The Bertz CT molecular complexity index is 1370. The summed E-state index contributed by atoms with van der Waals surface area (Å²) in [6.45, 7) is 0.840. The number of benzene rings is 2. The average Bonchev–Trinajstić information content (AvgIpc) is 3.37. The van der Waals surface area contributed by atoms with Crippen molar-refractivity contribution in [3.8, 4) is 11.5 Å². The molecule has 9 nitrogen and oxygen atoms in total. The molecule has 184 valence electrons. The van der Waals surface area contributed by atoms with Crippen LogP contribution in [-0.4, -0.2) is 56.7 Å². The molecule has 4 aromatic rings. The van der Waals surface area contributed by atoms with Crippen LogP contribution in [0.25, 0.3) is 10.9 Å². The van der Waals surface area contributed by atoms with Crippen LogP contribution in [0.15, 0.2) is 67.1 Å². The molecule has 36 heavy (non-hydrogen) atoms. The maximum absolute atomic E-state index is 11.7. The lowest BCUT2D eigenvalue weighted by Gasteiger charge is -2.17. The van der Waals surface area contributed by atoms with E-state index >= 15 is 0 Å². The van der Waals surface area contributed by atoms with Crippen molar-refractivity contribution in [2.75, 3.05) is 25.0 Å². The van der Waals surface area contributed by atoms with Crippen LogP contribution in [0.3, 0.4) is 0 Å². The van der Waals surface area contributed by atoms with Crippen LogP contribution in [0.2, 0.25) is 5.02 Å². The summed E-state index contributed by atoms with van der Waals surface area (Å²) in [5.74, 6) is 1.53. The lowest BCUT2D eigenvalue weighted by atomic mass is 10.2. The van der Waals surface area contributed by atoms with Gasteiger partial charge in [0.2, 0.25) is 5.91 Å². The van der Waals surface area contributed by atoms with Gasteiger partial charge in [-0.1, -0.05) is 17.7 Å². The van der Waals surface area contributed by atoms with Gasteiger partial charge in [0.25, 0.3) is 0 Å². The van der Waals surface area contributed by atoms with Gasteiger partial charge in [-0.25, -0.2) is 9.97 Å². The number of carbonyl (C=O) groups is 1. The smallest absolute Gasteiger partial charge is 0.248 e. The predicted molar refractivity (Wildman–Crippen MR) is 136 cm³/mol. The zero-order chi connectivity index (χ0) is 24.9. The standard InChI is InChI=1S/C26H24ClN5O4/c27-22-11-17(4-7-24(22)35-15-18-3-1-2-9-28-18)31-26-21-12-19(5-6-23(21)29-16-30-26)36-20-8-10-32(13-20)25(34)14-33/h1-7,9,11-12,16,20,33H,8,10,13-15H2,(H,29,30,31)/t20-/m0/s1. The maximum Gasteiger partial charge on any atom is 0.248 e. The van der Waals surface area contributed by atoms with E-state index in [1.165, 1.54) is 6.33 Å². The van der Waals surface area contributed by atoms with Crippen molar-refractivity contribution >= 4 is 39.9 Å². The van der Waals surface area contributed by atoms with Crippen LogP contribution < -0.4 is 14.8 Å². The van der Waals surface area contributed by atoms with E-state index in [0.29, 0.717) is 48.5 Å². The highest BCUT2D eigenvalue weighted by molar-refractivity contribution is 6.32. The van der Waals surface area contributed by atoms with Crippen LogP contribution in [-0.2, 0) is 11.4 Å². The maximum atomic E-state index is 11.7. The van der Waals surface area contributed by atoms with E-state index < -0.39 is 6.61 Å². The summed E-state index contributed by atoms with van der Waals surface area (Å²) in [5.41, 5.74) is 2.31. The summed E-state index contributed by atoms with van der Waals surface area (Å²) in [4.78, 5) is 26.3. The van der Waals surface area contributed by atoms with Crippen molar-refractivity contribution in [2.45, 2.75) is 19.1 Å². The van der Waals surface area contributed by atoms with Crippen LogP contribution in [0.5, 0.6) is 11.5 Å². The second-order valence-electron chi connectivity index (χ2n) is 8.31. The number of rotatable bonds is 8. The number of hydrogen-bond donors (Lipinski definition) is 2. The molecule has 10 heteroatoms. The molecule has 1 aliphatic rings. The van der Waals surface area contributed by atoms with E-state index in [1.54, 1.807) is 23.2 Å². The van der Waals surface area contributed by atoms with Gasteiger partial charge in [0.1, 0.15) is 43.0 Å². The molecule has 1 amide bonds. The predicted octanol–water partition coefficient (Wildman–Crippen LogP) is 3.97. The van der Waals surface area contributed by atoms with E-state index in [4.69, 9.17) is 26.2 Å². The molecule has 3 heterocycles. The monoisotopic (exact) mass is 505 g/mol. The minimum absolute atomic E-state index is 0.142. The van der Waals surface area contributed by atoms with Gasteiger partial charge in [-0.05, 0) is 48.5 Å². The summed E-state index contributed by atoms with van der Waals surface area (Å²) >= 11 is 6.46. The van der Waals surface area contributed by atoms with Crippen molar-refractivity contribution in [3.05, 3.63) is 77.8 Å². The summed E-state index contributed by atoms with van der Waals surface area (Å²) in [6, 6.07) is 16.7. The number of aliphatic hydroxyl groups is 1. The molecule has 0 unspecified atom stereocenters. The van der Waals surface area contributed by atoms with E-state index in [-0.39, 0.29) is 12.0 Å². The quantitative estimate of drug-likeness (QED) is 0.370. The molecule has 2 aromatic carbocycles. The molecule has 0 aliphatic carbocycles. The normalized spacial score (nSPS) is 15.2. The first-order chi connectivity index (χ1) is 17.6. The molecule has 1 fully saturated rings. The first-order valence-electron chi connectivity index (χ1n) is 11.5. The van der Waals surface area contributed by atoms with Gasteiger partial charge in [-0.15, -0.1) is 0 Å². The Balaban J connectivity index is 1.29. The zero-order valence-corrected chi connectivity index (χ0v) is 20.1. The highest BCUT2D eigenvalue weighted by Gasteiger charge is 2.27. The molecule has 5 rings (SSSR count). The number of nitrogens with zero attached hydrogens (tertiary/aromatic N) is 4. The number of pyridine rings is 1. The topological polar surface area (TPSA) is 110 Å². The molecule has 1 saturated heterocycles. The SMILES string of the molecule is O=C(CO)N1CC[C@H](Oc2ccc3ncnc(Nc4ccc(OCc5ccccn5)c(Cl)c4)c3c2)C1. The summed E-state index contributed by atoms with van der Waals surface area (Å²) in [7, 11) is 0. The fraction of sp³-hybridized carbons (Fsp3) is 0.231. The highest BCUT2D eigenvalue weighted by atomic mass is 35.5. The van der Waals surface area contributed by atoms with Crippen molar-refractivity contribution in [2.24, 2.45) is 0 Å². The zero-order valence-electron chi connectivity index (χ0n) is 19.3. The third kappa shape index (κ3) is 5.48. The van der Waals surface area contributed by atoms with Crippen molar-refractivity contribution in [1.82, 2.24) is 19.9 Å². The van der Waals surface area contributed by atoms with E-state index in [9.17, 15) is 4.79 Å². The highest BCUT2D eigenvalue weighted by Crippen LogP contribution is 2.32. The molecule has 0 spiro atoms. The van der Waals surface area contributed by atoms with Gasteiger partial charge in [-0.2, -0.15) is 0 Å². The first-order valence-corrected chi connectivity index (χ1v) is 11.9. The van der Waals surface area contributed by atoms with E-state index in [1.807, 2.05) is 42.5 Å². The van der Waals surface area contributed by atoms with Crippen LogP contribution >= 0.6 is 11.6 Å². The van der Waals surface area contributed by atoms with Gasteiger partial charge >= 0.3 is 0 Å². The number of halogens is 1. The van der Waals surface area contributed by atoms with Crippen molar-refractivity contribution in [3.63, 3.8) is 0 Å². The number of likely N-dealkylation sites (tertiary alicyclic amines) is 1. The number of fused-ring (bicyclic) bond motifs is 1. The number of nitrogens with one attached hydrogen (secondary N) is 1. The van der Waals surface area contributed by atoms with Crippen LogP contribution in [0.4, 0.5) is 11.5 Å². The minimum Gasteiger partial charge on any atom is -0.488 e. The largest absolute Gasteiger partial charge is 0.488 e. The molecular formula is C26H24ClN5O4. The Hall–Kier alpha value is -3.95. The Morgan fingerprint density at radius 2 is 2.06 bits per heavy atom. The van der Waals surface area contributed by atoms with E-state index in [2.05, 4.69) is 20.3 Å². The van der Waals surface area contributed by atoms with Crippen molar-refractivity contribution < 1.29 is 19.4 Å². The van der Waals surface area contributed by atoms with Gasteiger partial charge in [0, 0.05) is 30.2 Å². The summed E-state index contributed by atoms with van der Waals surface area (Å²) < 4.78 is 11.9. The lowest BCUT2D eigenvalue weighted by molar-refractivity contribution is -0.133. The Morgan fingerprint density at radius 3 is 2.86 bits per heavy atom. The minimum atomic E-state index is -0.490. The second-order valence-corrected chi connectivity index (χ2v) is 8.71. The Labute approximate surface area is 212 Å². The third-order valence-corrected chi connectivity index (χ3v) is 6.13. The second kappa shape index (κ2) is 10.8. The number of aliphatic hydroxyl groups excluding tert-OH is 1. The van der Waals surface area contributed by atoms with Gasteiger partial charge in [0.05, 0.1) is 22.8 Å². The number of carbonyl (C=O) groups excluding carboxylic acids is 1. The van der Waals surface area contributed by atoms with E-state index in [0.717, 1.165) is 22.3 Å². The third-order valence-electron chi connectivity index (χ3n) is 5.84. The Kier molecular flexibility index (Phi) is 7.11. The van der Waals surface area contributed by atoms with Gasteiger partial charge in [0.15, 0.2) is 0 Å². The lowest BCUT2D eigenvalue weighted by Crippen LogP contribution is -2.32. The number of hydrogen-bond acceptors (Lipinski definition) is 8. The number of aromatic nitrogens is 3. The molecule has 1 aliphatic heterocycles. The summed E-state index contributed by atoms with van der Waals surface area (Å²) in [6.07, 6.45) is 3.77. The Morgan fingerprint density at radius 1 is 1.14 bits per heavy atom. The summed E-state index contributed by atoms with van der Waals surface area (Å²) in [5, 5.41) is 13.6. The molecule has 0 radical (unpaired) electrons. The van der Waals surface area contributed by atoms with Gasteiger partial charge in [-0.3, -0.25) is 9.78 Å². The number of ether oxygens (including phenoxy) is 2. The first kappa shape index (κ1) is 23.8.